The Morgan fingerprint density at radius 2 is 1.59 bits per heavy atom. The van der Waals surface area contributed by atoms with Gasteiger partial charge >= 0.3 is 6.09 Å². The molecule has 212 valence electrons. The van der Waals surface area contributed by atoms with Gasteiger partial charge in [-0.2, -0.15) is 0 Å². The molecule has 1 aliphatic rings. The predicted molar refractivity (Wildman–Crippen MR) is 154 cm³/mol. The van der Waals surface area contributed by atoms with Crippen molar-refractivity contribution >= 4 is 17.9 Å². The van der Waals surface area contributed by atoms with Crippen molar-refractivity contribution in [1.82, 2.24) is 15.5 Å². The van der Waals surface area contributed by atoms with Gasteiger partial charge in [-0.25, -0.2) is 4.79 Å². The lowest BCUT2D eigenvalue weighted by Crippen LogP contribution is -2.56. The van der Waals surface area contributed by atoms with Crippen molar-refractivity contribution in [2.75, 3.05) is 0 Å². The van der Waals surface area contributed by atoms with E-state index in [1.807, 2.05) is 83.1 Å². The lowest BCUT2D eigenvalue weighted by molar-refractivity contribution is -0.144. The molecule has 3 rings (SSSR count). The van der Waals surface area contributed by atoms with Crippen molar-refractivity contribution < 1.29 is 19.1 Å². The van der Waals surface area contributed by atoms with Gasteiger partial charge in [0.25, 0.3) is 0 Å². The summed E-state index contributed by atoms with van der Waals surface area (Å²) in [5.74, 6) is -0.301. The number of rotatable bonds is 8. The third-order valence-electron chi connectivity index (χ3n) is 6.82. The summed E-state index contributed by atoms with van der Waals surface area (Å²) in [6.45, 7) is 17.2. The van der Waals surface area contributed by atoms with E-state index < -0.39 is 29.3 Å². The number of carbonyl (C=O) groups excluding carboxylic acids is 3. The minimum atomic E-state index is -0.911. The standard InChI is InChI=1S/C32H45N3O4/c1-20-15-16-24(17-21(20)2)27(28(36)34-31(4,5)6)35(26-18-22(26)3)29(37)25(19-23-13-11-10-12-14-23)33-30(38)39-32(7,8)9/h10-17,22,25-27H,18-19H2,1-9H3,(H,33,38)(H,34,36). The molecule has 7 nitrogen and oxygen atoms in total. The zero-order valence-corrected chi connectivity index (χ0v) is 24.9. The largest absolute Gasteiger partial charge is 0.444 e. The fraction of sp³-hybridized carbons (Fsp3) is 0.531. The zero-order valence-electron chi connectivity index (χ0n) is 24.9. The van der Waals surface area contributed by atoms with Crippen LogP contribution in [0.3, 0.4) is 0 Å². The molecule has 0 aliphatic heterocycles. The Hall–Kier alpha value is -3.35. The van der Waals surface area contributed by atoms with Crippen LogP contribution in [0, 0.1) is 19.8 Å². The fourth-order valence-electron chi connectivity index (χ4n) is 4.66. The van der Waals surface area contributed by atoms with E-state index in [0.717, 1.165) is 28.7 Å². The number of hydrogen-bond donors (Lipinski definition) is 2. The molecule has 0 saturated heterocycles. The summed E-state index contributed by atoms with van der Waals surface area (Å²) in [7, 11) is 0. The molecular formula is C32H45N3O4. The summed E-state index contributed by atoms with van der Waals surface area (Å²) in [5, 5.41) is 5.93. The monoisotopic (exact) mass is 535 g/mol. The molecule has 0 aromatic heterocycles. The Morgan fingerprint density at radius 3 is 2.10 bits per heavy atom. The van der Waals surface area contributed by atoms with Crippen LogP contribution >= 0.6 is 0 Å². The van der Waals surface area contributed by atoms with E-state index in [1.54, 1.807) is 25.7 Å². The third kappa shape index (κ3) is 8.57. The number of aryl methyl sites for hydroxylation is 2. The Labute approximate surface area is 233 Å². The zero-order chi connectivity index (χ0) is 29.1. The highest BCUT2D eigenvalue weighted by Gasteiger charge is 2.48. The lowest BCUT2D eigenvalue weighted by atomic mass is 9.96. The summed E-state index contributed by atoms with van der Waals surface area (Å²) in [4.78, 5) is 43.0. The number of nitrogens with zero attached hydrogens (tertiary/aromatic N) is 1. The Balaban J connectivity index is 2.07. The van der Waals surface area contributed by atoms with Crippen LogP contribution in [-0.4, -0.2) is 46.0 Å². The maximum atomic E-state index is 14.5. The molecule has 2 aromatic rings. The molecule has 1 saturated carbocycles. The van der Waals surface area contributed by atoms with Crippen LogP contribution in [0.4, 0.5) is 4.79 Å². The number of alkyl carbamates (subject to hydrolysis) is 1. The maximum Gasteiger partial charge on any atom is 0.408 e. The summed E-state index contributed by atoms with van der Waals surface area (Å²) in [6, 6.07) is 13.6. The van der Waals surface area contributed by atoms with Gasteiger partial charge in [-0.1, -0.05) is 55.5 Å². The van der Waals surface area contributed by atoms with Crippen LogP contribution < -0.4 is 10.6 Å². The highest BCUT2D eigenvalue weighted by molar-refractivity contribution is 5.93. The van der Waals surface area contributed by atoms with E-state index in [9.17, 15) is 14.4 Å². The van der Waals surface area contributed by atoms with Crippen molar-refractivity contribution in [2.24, 2.45) is 5.92 Å². The molecule has 0 heterocycles. The molecule has 3 amide bonds. The highest BCUT2D eigenvalue weighted by atomic mass is 16.6. The van der Waals surface area contributed by atoms with Gasteiger partial charge in [0.15, 0.2) is 0 Å². The van der Waals surface area contributed by atoms with E-state index in [0.29, 0.717) is 0 Å². The summed E-state index contributed by atoms with van der Waals surface area (Å²) < 4.78 is 5.52. The van der Waals surface area contributed by atoms with Gasteiger partial charge in [-0.15, -0.1) is 0 Å². The number of hydrogen-bond acceptors (Lipinski definition) is 4. The first-order chi connectivity index (χ1) is 18.1. The quantitative estimate of drug-likeness (QED) is 0.458. The first-order valence-electron chi connectivity index (χ1n) is 13.8. The van der Waals surface area contributed by atoms with E-state index >= 15 is 0 Å². The van der Waals surface area contributed by atoms with Crippen LogP contribution in [-0.2, 0) is 20.7 Å². The van der Waals surface area contributed by atoms with Gasteiger partial charge in [0.1, 0.15) is 17.7 Å². The highest BCUT2D eigenvalue weighted by Crippen LogP contribution is 2.41. The Morgan fingerprint density at radius 1 is 0.974 bits per heavy atom. The van der Waals surface area contributed by atoms with Crippen molar-refractivity contribution in [3.05, 3.63) is 70.8 Å². The van der Waals surface area contributed by atoms with E-state index in [4.69, 9.17) is 4.74 Å². The van der Waals surface area contributed by atoms with Crippen molar-refractivity contribution in [2.45, 2.75) is 104 Å². The van der Waals surface area contributed by atoms with Crippen molar-refractivity contribution in [1.29, 1.82) is 0 Å². The minimum Gasteiger partial charge on any atom is -0.444 e. The van der Waals surface area contributed by atoms with E-state index in [-0.39, 0.29) is 30.2 Å². The number of nitrogens with one attached hydrogen (secondary N) is 2. The van der Waals surface area contributed by atoms with Gasteiger partial charge < -0.3 is 20.3 Å². The summed E-state index contributed by atoms with van der Waals surface area (Å²) >= 11 is 0. The third-order valence-corrected chi connectivity index (χ3v) is 6.82. The van der Waals surface area contributed by atoms with Crippen molar-refractivity contribution in [3.63, 3.8) is 0 Å². The topological polar surface area (TPSA) is 87.7 Å². The summed E-state index contributed by atoms with van der Waals surface area (Å²) in [5.41, 5.74) is 2.60. The lowest BCUT2D eigenvalue weighted by Gasteiger charge is -2.36. The second-order valence-corrected chi connectivity index (χ2v) is 12.9. The maximum absolute atomic E-state index is 14.5. The minimum absolute atomic E-state index is 0.117. The fourth-order valence-corrected chi connectivity index (χ4v) is 4.66. The SMILES string of the molecule is Cc1ccc(C(C(=O)NC(C)(C)C)N(C(=O)C(Cc2ccccc2)NC(=O)OC(C)(C)C)C2CC2C)cc1C. The van der Waals surface area contributed by atoms with E-state index in [1.165, 1.54) is 0 Å². The van der Waals surface area contributed by atoms with Gasteiger partial charge in [0, 0.05) is 18.0 Å². The van der Waals surface area contributed by atoms with Crippen LogP contribution in [0.2, 0.25) is 0 Å². The Bertz CT molecular complexity index is 1180. The predicted octanol–water partition coefficient (Wildman–Crippen LogP) is 5.63. The van der Waals surface area contributed by atoms with E-state index in [2.05, 4.69) is 17.6 Å². The Kier molecular flexibility index (Phi) is 9.14. The molecule has 1 fully saturated rings. The van der Waals surface area contributed by atoms with Crippen LogP contribution in [0.25, 0.3) is 0 Å². The molecular weight excluding hydrogens is 490 g/mol. The first kappa shape index (κ1) is 30.2. The van der Waals surface area contributed by atoms with Gasteiger partial charge in [0.2, 0.25) is 11.8 Å². The van der Waals surface area contributed by atoms with Gasteiger partial charge in [-0.3, -0.25) is 9.59 Å². The molecule has 39 heavy (non-hydrogen) atoms. The second kappa shape index (κ2) is 11.8. The average Bonchev–Trinajstić information content (AvgIpc) is 3.52. The number of ether oxygens (including phenoxy) is 1. The normalized spacial score (nSPS) is 18.5. The van der Waals surface area contributed by atoms with Crippen molar-refractivity contribution in [3.8, 4) is 0 Å². The second-order valence-electron chi connectivity index (χ2n) is 12.9. The van der Waals surface area contributed by atoms with Crippen LogP contribution in [0.1, 0.15) is 83.2 Å². The first-order valence-corrected chi connectivity index (χ1v) is 13.8. The molecule has 1 aliphatic carbocycles. The number of carbonyl (C=O) groups is 3. The average molecular weight is 536 g/mol. The number of amides is 3. The smallest absolute Gasteiger partial charge is 0.408 e. The molecule has 0 bridgehead atoms. The number of benzene rings is 2. The molecule has 4 unspecified atom stereocenters. The molecule has 0 radical (unpaired) electrons. The molecule has 2 N–H and O–H groups in total. The molecule has 2 aromatic carbocycles. The van der Waals surface area contributed by atoms with Gasteiger partial charge in [0.05, 0.1) is 0 Å². The molecule has 7 heteroatoms. The summed E-state index contributed by atoms with van der Waals surface area (Å²) in [6.07, 6.45) is 0.402. The molecule has 4 atom stereocenters. The van der Waals surface area contributed by atoms with Crippen LogP contribution in [0.15, 0.2) is 48.5 Å². The van der Waals surface area contributed by atoms with Crippen LogP contribution in [0.5, 0.6) is 0 Å². The van der Waals surface area contributed by atoms with Gasteiger partial charge in [-0.05, 0) is 90.0 Å². The molecule has 0 spiro atoms.